The van der Waals surface area contributed by atoms with E-state index in [0.29, 0.717) is 0 Å². The molecule has 232 valence electrons. The van der Waals surface area contributed by atoms with Crippen molar-refractivity contribution in [2.75, 3.05) is 13.2 Å². The Kier molecular flexibility index (Phi) is 10.4. The van der Waals surface area contributed by atoms with Gasteiger partial charge in [0.05, 0.1) is 18.8 Å². The molecule has 1 fully saturated rings. The third-order valence-corrected chi connectivity index (χ3v) is 12.5. The molecule has 2 aromatic rings. The number of carbonyl (C=O) groups excluding carboxylic acids is 2. The van der Waals surface area contributed by atoms with Gasteiger partial charge in [-0.25, -0.2) is 9.59 Å². The zero-order valence-electron chi connectivity index (χ0n) is 26.6. The lowest BCUT2D eigenvalue weighted by Crippen LogP contribution is -2.67. The average Bonchev–Trinajstić information content (AvgIpc) is 3.27. The summed E-state index contributed by atoms with van der Waals surface area (Å²) in [6.45, 7) is 16.6. The van der Waals surface area contributed by atoms with E-state index in [1.807, 2.05) is 36.4 Å². The normalized spacial score (nSPS) is 20.7. The van der Waals surface area contributed by atoms with Gasteiger partial charge in [0.25, 0.3) is 8.32 Å². The molecule has 0 unspecified atom stereocenters. The SMILES string of the molecule is CC(C)(C)OC(=O)[C@H]1C[C@@H](CO[Si](c2ccccc2)(c2ccccc2)C(C)(C)C)[C@H]([C@@H](O)CO)N1C(=O)OC(C)(C)C. The Labute approximate surface area is 252 Å². The Balaban J connectivity index is 2.10. The van der Waals surface area contributed by atoms with Gasteiger partial charge in [0.1, 0.15) is 17.2 Å². The van der Waals surface area contributed by atoms with Gasteiger partial charge in [0.15, 0.2) is 0 Å². The molecule has 0 radical (unpaired) electrons. The standard InChI is InChI=1S/C33H49NO7Si/c1-31(2,3)40-29(37)26-20-23(28(27(36)21-35)34(26)30(38)41-32(4,5)6)22-39-42(33(7,8)9,24-16-12-10-13-17-24)25-18-14-11-15-19-25/h10-19,23,26-28,35-36H,20-22H2,1-9H3/t23-,26+,27-,28+/m0/s1. The number of carbonyl (C=O) groups is 2. The summed E-state index contributed by atoms with van der Waals surface area (Å²) in [6, 6.07) is 18.4. The van der Waals surface area contributed by atoms with Gasteiger partial charge in [-0.2, -0.15) is 0 Å². The lowest BCUT2D eigenvalue weighted by atomic mass is 9.96. The molecule has 0 spiro atoms. The maximum Gasteiger partial charge on any atom is 0.411 e. The van der Waals surface area contributed by atoms with Gasteiger partial charge < -0.3 is 24.1 Å². The van der Waals surface area contributed by atoms with Crippen molar-refractivity contribution < 1.29 is 33.7 Å². The molecule has 0 bridgehead atoms. The molecule has 0 saturated carbocycles. The van der Waals surface area contributed by atoms with E-state index in [2.05, 4.69) is 45.0 Å². The van der Waals surface area contributed by atoms with E-state index in [1.54, 1.807) is 41.5 Å². The molecule has 9 heteroatoms. The molecule has 1 aliphatic rings. The van der Waals surface area contributed by atoms with Gasteiger partial charge in [0.2, 0.25) is 0 Å². The van der Waals surface area contributed by atoms with Crippen LogP contribution in [0, 0.1) is 5.92 Å². The second kappa shape index (κ2) is 12.9. The first-order valence-corrected chi connectivity index (χ1v) is 16.6. The van der Waals surface area contributed by atoms with Gasteiger partial charge >= 0.3 is 12.1 Å². The van der Waals surface area contributed by atoms with Crippen LogP contribution < -0.4 is 10.4 Å². The first kappa shape index (κ1) is 33.8. The number of aliphatic hydroxyl groups is 2. The Morgan fingerprint density at radius 2 is 1.33 bits per heavy atom. The van der Waals surface area contributed by atoms with E-state index < -0.39 is 62.3 Å². The summed E-state index contributed by atoms with van der Waals surface area (Å²) in [5.74, 6) is -1.07. The zero-order valence-corrected chi connectivity index (χ0v) is 27.6. The maximum absolute atomic E-state index is 13.6. The van der Waals surface area contributed by atoms with Gasteiger partial charge in [-0.3, -0.25) is 4.90 Å². The van der Waals surface area contributed by atoms with Crippen molar-refractivity contribution in [2.24, 2.45) is 5.92 Å². The second-order valence-electron chi connectivity index (χ2n) is 14.1. The summed E-state index contributed by atoms with van der Waals surface area (Å²) < 4.78 is 18.6. The lowest BCUT2D eigenvalue weighted by molar-refractivity contribution is -0.161. The number of nitrogens with zero attached hydrogens (tertiary/aromatic N) is 1. The van der Waals surface area contributed by atoms with Crippen LogP contribution in [0.4, 0.5) is 4.79 Å². The Morgan fingerprint density at radius 3 is 1.74 bits per heavy atom. The van der Waals surface area contributed by atoms with Gasteiger partial charge in [-0.15, -0.1) is 0 Å². The summed E-state index contributed by atoms with van der Waals surface area (Å²) in [7, 11) is -2.96. The number of aliphatic hydroxyl groups excluding tert-OH is 2. The summed E-state index contributed by atoms with van der Waals surface area (Å²) in [6.07, 6.45) is -1.88. The largest absolute Gasteiger partial charge is 0.458 e. The maximum atomic E-state index is 13.6. The fourth-order valence-electron chi connectivity index (χ4n) is 5.89. The predicted molar refractivity (Wildman–Crippen MR) is 166 cm³/mol. The predicted octanol–water partition coefficient (Wildman–Crippen LogP) is 4.25. The molecule has 3 rings (SSSR count). The van der Waals surface area contributed by atoms with E-state index in [4.69, 9.17) is 13.9 Å². The van der Waals surface area contributed by atoms with Crippen molar-refractivity contribution in [1.82, 2.24) is 4.90 Å². The minimum atomic E-state index is -2.96. The molecule has 1 heterocycles. The molecule has 4 atom stereocenters. The zero-order chi connectivity index (χ0) is 31.5. The molecule has 1 aliphatic heterocycles. The smallest absolute Gasteiger partial charge is 0.411 e. The Morgan fingerprint density at radius 1 is 0.857 bits per heavy atom. The van der Waals surface area contributed by atoms with Crippen LogP contribution in [-0.2, 0) is 18.7 Å². The highest BCUT2D eigenvalue weighted by Crippen LogP contribution is 2.40. The topological polar surface area (TPSA) is 106 Å². The molecule has 2 aromatic carbocycles. The first-order valence-electron chi connectivity index (χ1n) is 14.7. The van der Waals surface area contributed by atoms with Crippen LogP contribution in [0.15, 0.2) is 60.7 Å². The van der Waals surface area contributed by atoms with Crippen LogP contribution in [0.25, 0.3) is 0 Å². The molecular formula is C33H49NO7Si. The fourth-order valence-corrected chi connectivity index (χ4v) is 10.5. The number of esters is 1. The van der Waals surface area contributed by atoms with E-state index in [-0.39, 0.29) is 18.1 Å². The molecular weight excluding hydrogens is 550 g/mol. The van der Waals surface area contributed by atoms with Crippen molar-refractivity contribution in [3.05, 3.63) is 60.7 Å². The van der Waals surface area contributed by atoms with Gasteiger partial charge in [-0.1, -0.05) is 81.4 Å². The molecule has 1 saturated heterocycles. The van der Waals surface area contributed by atoms with Crippen molar-refractivity contribution >= 4 is 30.8 Å². The minimum Gasteiger partial charge on any atom is -0.458 e. The third kappa shape index (κ3) is 7.61. The van der Waals surface area contributed by atoms with Gasteiger partial charge in [-0.05, 0) is 63.4 Å². The van der Waals surface area contributed by atoms with Crippen LogP contribution in [0.3, 0.4) is 0 Å². The molecule has 8 nitrogen and oxygen atoms in total. The van der Waals surface area contributed by atoms with E-state index >= 15 is 0 Å². The molecule has 0 aromatic heterocycles. The van der Waals surface area contributed by atoms with Crippen LogP contribution in [-0.4, -0.2) is 78.1 Å². The minimum absolute atomic E-state index is 0.146. The Bertz CT molecular complexity index is 1150. The molecule has 42 heavy (non-hydrogen) atoms. The summed E-state index contributed by atoms with van der Waals surface area (Å²) >= 11 is 0. The number of likely N-dealkylation sites (tertiary alicyclic amines) is 1. The number of amides is 1. The van der Waals surface area contributed by atoms with Crippen molar-refractivity contribution in [3.63, 3.8) is 0 Å². The third-order valence-electron chi connectivity index (χ3n) is 7.46. The monoisotopic (exact) mass is 599 g/mol. The highest BCUT2D eigenvalue weighted by Gasteiger charge is 2.55. The van der Waals surface area contributed by atoms with E-state index in [9.17, 15) is 19.8 Å². The average molecular weight is 600 g/mol. The first-order chi connectivity index (χ1) is 19.4. The van der Waals surface area contributed by atoms with Crippen LogP contribution in [0.1, 0.15) is 68.7 Å². The number of hydrogen-bond donors (Lipinski definition) is 2. The van der Waals surface area contributed by atoms with Crippen LogP contribution >= 0.6 is 0 Å². The number of rotatable bonds is 8. The summed E-state index contributed by atoms with van der Waals surface area (Å²) in [4.78, 5) is 28.4. The Hall–Kier alpha value is -2.72. The highest BCUT2D eigenvalue weighted by atomic mass is 28.4. The molecule has 0 aliphatic carbocycles. The van der Waals surface area contributed by atoms with Crippen molar-refractivity contribution in [1.29, 1.82) is 0 Å². The number of ether oxygens (including phenoxy) is 2. The number of benzene rings is 2. The van der Waals surface area contributed by atoms with E-state index in [1.165, 1.54) is 4.90 Å². The fraction of sp³-hybridized carbons (Fsp3) is 0.576. The quantitative estimate of drug-likeness (QED) is 0.345. The van der Waals surface area contributed by atoms with E-state index in [0.717, 1.165) is 10.4 Å². The van der Waals surface area contributed by atoms with Gasteiger partial charge in [0, 0.05) is 12.5 Å². The van der Waals surface area contributed by atoms with Crippen LogP contribution in [0.2, 0.25) is 5.04 Å². The second-order valence-corrected chi connectivity index (χ2v) is 18.5. The highest BCUT2D eigenvalue weighted by molar-refractivity contribution is 6.99. The molecule has 1 amide bonds. The van der Waals surface area contributed by atoms with Crippen LogP contribution in [0.5, 0.6) is 0 Å². The van der Waals surface area contributed by atoms with Crippen molar-refractivity contribution in [3.8, 4) is 0 Å². The molecule has 2 N–H and O–H groups in total. The lowest BCUT2D eigenvalue weighted by Gasteiger charge is -2.44. The summed E-state index contributed by atoms with van der Waals surface area (Å²) in [5, 5.41) is 23.1. The van der Waals surface area contributed by atoms with Crippen molar-refractivity contribution in [2.45, 2.75) is 103 Å². The summed E-state index contributed by atoms with van der Waals surface area (Å²) in [5.41, 5.74) is -1.63. The number of hydrogen-bond acceptors (Lipinski definition) is 7.